The smallest absolute Gasteiger partial charge is 0.136 e. The fourth-order valence-corrected chi connectivity index (χ4v) is 3.61. The molecule has 0 aliphatic carbocycles. The van der Waals surface area contributed by atoms with Crippen molar-refractivity contribution in [1.29, 1.82) is 0 Å². The van der Waals surface area contributed by atoms with Gasteiger partial charge in [0.1, 0.15) is 11.2 Å². The van der Waals surface area contributed by atoms with Crippen LogP contribution in [0.15, 0.2) is 77.3 Å². The summed E-state index contributed by atoms with van der Waals surface area (Å²) in [6.07, 6.45) is 1.81. The first-order chi connectivity index (χ1) is 13.0. The van der Waals surface area contributed by atoms with Crippen molar-refractivity contribution in [2.45, 2.75) is 19.2 Å². The van der Waals surface area contributed by atoms with Crippen LogP contribution in [0.5, 0.6) is 0 Å². The van der Waals surface area contributed by atoms with Crippen LogP contribution >= 0.6 is 0 Å². The average Bonchev–Trinajstić information content (AvgIpc) is 3.02. The highest BCUT2D eigenvalue weighted by Crippen LogP contribution is 2.34. The zero-order valence-electron chi connectivity index (χ0n) is 15.4. The predicted molar refractivity (Wildman–Crippen MR) is 113 cm³/mol. The summed E-state index contributed by atoms with van der Waals surface area (Å²) in [6, 6.07) is 23.0. The Morgan fingerprint density at radius 3 is 2.33 bits per heavy atom. The summed E-state index contributed by atoms with van der Waals surface area (Å²) in [4.78, 5) is 4.53. The van der Waals surface area contributed by atoms with Crippen molar-refractivity contribution in [1.82, 2.24) is 4.98 Å². The van der Waals surface area contributed by atoms with E-state index < -0.39 is 5.31 Å². The van der Waals surface area contributed by atoms with Gasteiger partial charge in [0.25, 0.3) is 0 Å². The Hall–Kier alpha value is -3.07. The molecule has 27 heavy (non-hydrogen) atoms. The Morgan fingerprint density at radius 2 is 1.56 bits per heavy atom. The molecule has 128 valence electrons. The van der Waals surface area contributed by atoms with Crippen LogP contribution in [0.4, 0.5) is 0 Å². The molecule has 0 saturated carbocycles. The van der Waals surface area contributed by atoms with Crippen molar-refractivity contribution in [3.8, 4) is 11.3 Å². The minimum atomic E-state index is -0.402. The SMILES string of the molecule is [B]C(C)(C)c1ccnc(-c2ccc3c(c2)oc2cc4ccccc4cc23)c1. The van der Waals surface area contributed by atoms with Gasteiger partial charge in [-0.15, -0.1) is 0 Å². The maximum atomic E-state index is 6.25. The summed E-state index contributed by atoms with van der Waals surface area (Å²) in [6.45, 7) is 4.00. The lowest BCUT2D eigenvalue weighted by molar-refractivity contribution is 0.669. The summed E-state index contributed by atoms with van der Waals surface area (Å²) >= 11 is 0. The number of hydrogen-bond acceptors (Lipinski definition) is 2. The molecule has 2 nitrogen and oxygen atoms in total. The predicted octanol–water partition coefficient (Wildman–Crippen LogP) is 6.20. The Kier molecular flexibility index (Phi) is 3.42. The standard InChI is InChI=1S/C24H18BNO/c1-24(2,25)18-9-10-26-21(14-18)17-7-8-19-20-11-15-5-3-4-6-16(15)12-23(20)27-22(19)13-17/h3-14H,1-2H3. The second kappa shape index (κ2) is 5.72. The maximum Gasteiger partial charge on any atom is 0.136 e. The molecule has 0 bridgehead atoms. The molecule has 0 atom stereocenters. The average molecular weight is 347 g/mol. The van der Waals surface area contributed by atoms with E-state index >= 15 is 0 Å². The number of aromatic nitrogens is 1. The molecule has 0 amide bonds. The van der Waals surface area contributed by atoms with Crippen LogP contribution in [-0.4, -0.2) is 12.8 Å². The maximum absolute atomic E-state index is 6.25. The largest absolute Gasteiger partial charge is 0.456 e. The summed E-state index contributed by atoms with van der Waals surface area (Å²) in [5.74, 6) is 0. The lowest BCUT2D eigenvalue weighted by atomic mass is 9.67. The van der Waals surface area contributed by atoms with Gasteiger partial charge in [-0.05, 0) is 58.0 Å². The fraction of sp³-hybridized carbons (Fsp3) is 0.125. The zero-order chi connectivity index (χ0) is 18.6. The van der Waals surface area contributed by atoms with E-state index in [1.165, 1.54) is 10.8 Å². The Bertz CT molecular complexity index is 1310. The van der Waals surface area contributed by atoms with E-state index in [0.29, 0.717) is 0 Å². The van der Waals surface area contributed by atoms with E-state index in [2.05, 4.69) is 59.6 Å². The van der Waals surface area contributed by atoms with Gasteiger partial charge in [-0.1, -0.05) is 44.2 Å². The topological polar surface area (TPSA) is 26.0 Å². The molecule has 2 radical (unpaired) electrons. The molecule has 0 aliphatic rings. The van der Waals surface area contributed by atoms with Crippen molar-refractivity contribution in [2.75, 3.05) is 0 Å². The zero-order valence-corrected chi connectivity index (χ0v) is 15.4. The summed E-state index contributed by atoms with van der Waals surface area (Å²) < 4.78 is 6.17. The molecule has 0 unspecified atom stereocenters. The van der Waals surface area contributed by atoms with E-state index in [-0.39, 0.29) is 0 Å². The third kappa shape index (κ3) is 2.71. The Labute approximate surface area is 159 Å². The molecule has 5 rings (SSSR count). The molecule has 2 aromatic heterocycles. The van der Waals surface area contributed by atoms with Crippen molar-refractivity contribution in [2.24, 2.45) is 0 Å². The molecule has 0 N–H and O–H groups in total. The Balaban J connectivity index is 1.70. The van der Waals surface area contributed by atoms with Gasteiger partial charge in [-0.25, -0.2) is 0 Å². The first kappa shape index (κ1) is 16.1. The number of benzene rings is 3. The van der Waals surface area contributed by atoms with Gasteiger partial charge < -0.3 is 4.42 Å². The van der Waals surface area contributed by atoms with Gasteiger partial charge in [0.15, 0.2) is 0 Å². The van der Waals surface area contributed by atoms with Crippen molar-refractivity contribution in [3.05, 3.63) is 78.5 Å². The second-order valence-corrected chi connectivity index (χ2v) is 7.66. The highest BCUT2D eigenvalue weighted by atomic mass is 16.3. The lowest BCUT2D eigenvalue weighted by Gasteiger charge is -2.19. The lowest BCUT2D eigenvalue weighted by Crippen LogP contribution is -2.16. The quantitative estimate of drug-likeness (QED) is 0.355. The van der Waals surface area contributed by atoms with Gasteiger partial charge in [0.05, 0.1) is 13.5 Å². The first-order valence-corrected chi connectivity index (χ1v) is 9.10. The van der Waals surface area contributed by atoms with E-state index in [9.17, 15) is 0 Å². The molecule has 5 aromatic rings. The van der Waals surface area contributed by atoms with Gasteiger partial charge in [-0.3, -0.25) is 4.98 Å². The number of rotatable bonds is 2. The second-order valence-electron chi connectivity index (χ2n) is 7.66. The minimum absolute atomic E-state index is 0.402. The summed E-state index contributed by atoms with van der Waals surface area (Å²) in [7, 11) is 6.25. The van der Waals surface area contributed by atoms with E-state index in [1.807, 2.05) is 32.2 Å². The number of fused-ring (bicyclic) bond motifs is 4. The molecular formula is C24H18BNO. The van der Waals surface area contributed by atoms with Gasteiger partial charge in [-0.2, -0.15) is 0 Å². The Morgan fingerprint density at radius 1 is 0.815 bits per heavy atom. The van der Waals surface area contributed by atoms with Crippen LogP contribution in [0, 0.1) is 0 Å². The third-order valence-electron chi connectivity index (χ3n) is 5.14. The van der Waals surface area contributed by atoms with Crippen molar-refractivity contribution < 1.29 is 4.42 Å². The summed E-state index contributed by atoms with van der Waals surface area (Å²) in [5.41, 5.74) is 4.77. The van der Waals surface area contributed by atoms with Crippen molar-refractivity contribution in [3.63, 3.8) is 0 Å². The van der Waals surface area contributed by atoms with Gasteiger partial charge in [0, 0.05) is 22.5 Å². The number of furan rings is 1. The molecule has 0 aliphatic heterocycles. The molecule has 0 saturated heterocycles. The number of nitrogens with zero attached hydrogens (tertiary/aromatic N) is 1. The number of pyridine rings is 1. The van der Waals surface area contributed by atoms with Crippen molar-refractivity contribution >= 4 is 40.6 Å². The highest BCUT2D eigenvalue weighted by molar-refractivity contribution is 6.15. The number of hydrogen-bond donors (Lipinski definition) is 0. The minimum Gasteiger partial charge on any atom is -0.456 e. The fourth-order valence-electron chi connectivity index (χ4n) is 3.61. The van der Waals surface area contributed by atoms with Crippen LogP contribution in [0.2, 0.25) is 0 Å². The van der Waals surface area contributed by atoms with Crippen LogP contribution in [0.25, 0.3) is 44.0 Å². The van der Waals surface area contributed by atoms with Gasteiger partial charge in [0.2, 0.25) is 0 Å². The normalized spacial score (nSPS) is 12.2. The van der Waals surface area contributed by atoms with Crippen LogP contribution in [0.1, 0.15) is 19.4 Å². The van der Waals surface area contributed by atoms with E-state index in [4.69, 9.17) is 12.3 Å². The van der Waals surface area contributed by atoms with E-state index in [0.717, 1.165) is 38.8 Å². The van der Waals surface area contributed by atoms with Gasteiger partial charge >= 0.3 is 0 Å². The van der Waals surface area contributed by atoms with Crippen LogP contribution < -0.4 is 0 Å². The molecule has 3 heteroatoms. The third-order valence-corrected chi connectivity index (χ3v) is 5.14. The monoisotopic (exact) mass is 347 g/mol. The van der Waals surface area contributed by atoms with E-state index in [1.54, 1.807) is 0 Å². The first-order valence-electron chi connectivity index (χ1n) is 9.10. The molecule has 0 fully saturated rings. The molecule has 2 heterocycles. The summed E-state index contributed by atoms with van der Waals surface area (Å²) in [5, 5.41) is 4.26. The highest BCUT2D eigenvalue weighted by Gasteiger charge is 2.15. The molecule has 3 aromatic carbocycles. The van der Waals surface area contributed by atoms with Crippen LogP contribution in [0.3, 0.4) is 0 Å². The molecular weight excluding hydrogens is 329 g/mol. The molecule has 0 spiro atoms. The van der Waals surface area contributed by atoms with Crippen LogP contribution in [-0.2, 0) is 5.31 Å².